The minimum absolute atomic E-state index is 0.174. The number of nitrogens with one attached hydrogen (secondary N) is 1. The lowest BCUT2D eigenvalue weighted by atomic mass is 10.1. The van der Waals surface area contributed by atoms with Gasteiger partial charge in [0.2, 0.25) is 11.8 Å². The molecule has 0 aromatic heterocycles. The van der Waals surface area contributed by atoms with Crippen molar-refractivity contribution in [1.82, 2.24) is 5.32 Å². The van der Waals surface area contributed by atoms with Crippen LogP contribution in [0.5, 0.6) is 0 Å². The fourth-order valence-corrected chi connectivity index (χ4v) is 2.42. The molecule has 0 saturated carbocycles. The summed E-state index contributed by atoms with van der Waals surface area (Å²) in [5.41, 5.74) is 5.07. The van der Waals surface area contributed by atoms with Crippen molar-refractivity contribution in [1.29, 1.82) is 0 Å². The third-order valence-corrected chi connectivity index (χ3v) is 3.85. The Hall–Kier alpha value is -1.32. The van der Waals surface area contributed by atoms with E-state index in [-0.39, 0.29) is 11.8 Å². The molecule has 0 saturated heterocycles. The van der Waals surface area contributed by atoms with Crippen molar-refractivity contribution >= 4 is 11.8 Å². The highest BCUT2D eigenvalue weighted by Gasteiger charge is 1.99. The van der Waals surface area contributed by atoms with Gasteiger partial charge >= 0.3 is 0 Å². The summed E-state index contributed by atoms with van der Waals surface area (Å²) in [5, 5.41) is 2.96. The molecule has 0 aliphatic heterocycles. The first-order valence-electron chi connectivity index (χ1n) is 9.36. The highest BCUT2D eigenvalue weighted by atomic mass is 16.1. The topological polar surface area (TPSA) is 72.2 Å². The van der Waals surface area contributed by atoms with E-state index in [1.54, 1.807) is 0 Å². The van der Waals surface area contributed by atoms with Gasteiger partial charge in [-0.1, -0.05) is 57.6 Å². The first-order valence-corrected chi connectivity index (χ1v) is 9.36. The molecule has 23 heavy (non-hydrogen) atoms. The van der Waals surface area contributed by atoms with Crippen molar-refractivity contribution in [3.05, 3.63) is 12.2 Å². The van der Waals surface area contributed by atoms with Gasteiger partial charge in [-0.3, -0.25) is 9.59 Å². The van der Waals surface area contributed by atoms with Crippen LogP contribution in [0.3, 0.4) is 0 Å². The second-order valence-electron chi connectivity index (χ2n) is 6.19. The van der Waals surface area contributed by atoms with Gasteiger partial charge in [0.05, 0.1) is 0 Å². The summed E-state index contributed by atoms with van der Waals surface area (Å²) in [6, 6.07) is 0. The lowest BCUT2D eigenvalue weighted by Crippen LogP contribution is -2.23. The molecule has 0 aliphatic rings. The van der Waals surface area contributed by atoms with Crippen molar-refractivity contribution < 1.29 is 9.59 Å². The van der Waals surface area contributed by atoms with Crippen LogP contribution in [0.4, 0.5) is 0 Å². The summed E-state index contributed by atoms with van der Waals surface area (Å²) in [6.07, 6.45) is 17.7. The number of carbonyl (C=O) groups excluding carboxylic acids is 2. The van der Waals surface area contributed by atoms with E-state index in [4.69, 9.17) is 5.73 Å². The van der Waals surface area contributed by atoms with E-state index in [1.165, 1.54) is 38.5 Å². The Kier molecular flexibility index (Phi) is 16.1. The zero-order chi connectivity index (χ0) is 17.2. The normalized spacial score (nSPS) is 11.0. The van der Waals surface area contributed by atoms with Crippen LogP contribution in [0.15, 0.2) is 12.2 Å². The monoisotopic (exact) mass is 324 g/mol. The maximum absolute atomic E-state index is 11.6. The van der Waals surface area contributed by atoms with Crippen molar-refractivity contribution in [3.63, 3.8) is 0 Å². The molecular formula is C19H36N2O2. The molecule has 0 aromatic rings. The summed E-state index contributed by atoms with van der Waals surface area (Å²) in [7, 11) is 0. The Morgan fingerprint density at radius 2 is 1.43 bits per heavy atom. The maximum atomic E-state index is 11.6. The van der Waals surface area contributed by atoms with Crippen LogP contribution in [-0.2, 0) is 9.59 Å². The molecule has 4 nitrogen and oxygen atoms in total. The maximum Gasteiger partial charge on any atom is 0.220 e. The summed E-state index contributed by atoms with van der Waals surface area (Å²) >= 11 is 0. The number of nitrogens with two attached hydrogens (primary N) is 1. The zero-order valence-electron chi connectivity index (χ0n) is 14.9. The van der Waals surface area contributed by atoms with Crippen molar-refractivity contribution in [3.8, 4) is 0 Å². The summed E-state index contributed by atoms with van der Waals surface area (Å²) in [6.45, 7) is 2.94. The number of primary amides is 1. The molecule has 4 heteroatoms. The van der Waals surface area contributed by atoms with Crippen molar-refractivity contribution in [2.75, 3.05) is 6.54 Å². The Morgan fingerprint density at radius 1 is 0.826 bits per heavy atom. The first-order chi connectivity index (χ1) is 11.2. The Morgan fingerprint density at radius 3 is 2.13 bits per heavy atom. The molecule has 0 aromatic carbocycles. The van der Waals surface area contributed by atoms with Gasteiger partial charge in [-0.2, -0.15) is 0 Å². The van der Waals surface area contributed by atoms with Gasteiger partial charge in [0.25, 0.3) is 0 Å². The van der Waals surface area contributed by atoms with E-state index in [1.807, 2.05) is 0 Å². The van der Waals surface area contributed by atoms with Crippen molar-refractivity contribution in [2.24, 2.45) is 5.73 Å². The molecule has 0 aliphatic carbocycles. The summed E-state index contributed by atoms with van der Waals surface area (Å²) in [5.74, 6) is -0.0499. The Balaban J connectivity index is 3.28. The predicted octanol–water partition coefficient (Wildman–Crippen LogP) is 4.24. The Bertz CT molecular complexity index is 327. The van der Waals surface area contributed by atoms with E-state index >= 15 is 0 Å². The SMILES string of the molecule is CCCCCCCCCC(=O)NCC/C=C/CCCCC(N)=O. The number of allylic oxidation sites excluding steroid dienone is 1. The van der Waals surface area contributed by atoms with Crippen LogP contribution in [0.2, 0.25) is 0 Å². The van der Waals surface area contributed by atoms with Gasteiger partial charge in [-0.05, 0) is 32.1 Å². The largest absolute Gasteiger partial charge is 0.370 e. The van der Waals surface area contributed by atoms with Crippen LogP contribution in [-0.4, -0.2) is 18.4 Å². The molecule has 0 radical (unpaired) electrons. The quantitative estimate of drug-likeness (QED) is 0.329. The van der Waals surface area contributed by atoms with E-state index in [0.29, 0.717) is 19.4 Å². The molecule has 0 heterocycles. The smallest absolute Gasteiger partial charge is 0.220 e. The molecule has 3 N–H and O–H groups in total. The van der Waals surface area contributed by atoms with E-state index in [0.717, 1.165) is 32.1 Å². The molecule has 134 valence electrons. The molecular weight excluding hydrogens is 288 g/mol. The molecule has 0 spiro atoms. The summed E-state index contributed by atoms with van der Waals surface area (Å²) < 4.78 is 0. The van der Waals surface area contributed by atoms with Crippen LogP contribution in [0, 0.1) is 0 Å². The second-order valence-corrected chi connectivity index (χ2v) is 6.19. The molecule has 0 bridgehead atoms. The number of carbonyl (C=O) groups is 2. The van der Waals surface area contributed by atoms with Crippen LogP contribution in [0.25, 0.3) is 0 Å². The minimum Gasteiger partial charge on any atom is -0.370 e. The van der Waals surface area contributed by atoms with E-state index < -0.39 is 0 Å². The lowest BCUT2D eigenvalue weighted by Gasteiger charge is -2.03. The van der Waals surface area contributed by atoms with Crippen molar-refractivity contribution in [2.45, 2.75) is 90.4 Å². The minimum atomic E-state index is -0.224. The summed E-state index contributed by atoms with van der Waals surface area (Å²) in [4.78, 5) is 22.2. The van der Waals surface area contributed by atoms with Gasteiger partial charge in [0.1, 0.15) is 0 Å². The number of unbranched alkanes of at least 4 members (excludes halogenated alkanes) is 8. The molecule has 2 amide bonds. The van der Waals surface area contributed by atoms with Gasteiger partial charge in [-0.25, -0.2) is 0 Å². The lowest BCUT2D eigenvalue weighted by molar-refractivity contribution is -0.121. The Labute approximate surface area is 142 Å². The van der Waals surface area contributed by atoms with E-state index in [9.17, 15) is 9.59 Å². The van der Waals surface area contributed by atoms with Gasteiger partial charge in [0.15, 0.2) is 0 Å². The van der Waals surface area contributed by atoms with E-state index in [2.05, 4.69) is 24.4 Å². The standard InChI is InChI=1S/C19H36N2O2/c1-2-3-4-5-6-10-13-16-19(23)21-17-14-11-8-7-9-12-15-18(20)22/h8,11H,2-7,9-10,12-17H2,1H3,(H2,20,22)(H,21,23)/b11-8+. The molecule has 0 atom stereocenters. The average molecular weight is 325 g/mol. The molecule has 0 fully saturated rings. The highest BCUT2D eigenvalue weighted by molar-refractivity contribution is 5.75. The number of amides is 2. The third kappa shape index (κ3) is 18.6. The number of hydrogen-bond acceptors (Lipinski definition) is 2. The predicted molar refractivity (Wildman–Crippen MR) is 97.0 cm³/mol. The average Bonchev–Trinajstić information content (AvgIpc) is 2.52. The number of rotatable bonds is 16. The fraction of sp³-hybridized carbons (Fsp3) is 0.789. The van der Waals surface area contributed by atoms with Crippen LogP contribution >= 0.6 is 0 Å². The van der Waals surface area contributed by atoms with Gasteiger partial charge in [0, 0.05) is 19.4 Å². The van der Waals surface area contributed by atoms with Crippen LogP contribution < -0.4 is 11.1 Å². The molecule has 0 rings (SSSR count). The number of hydrogen-bond donors (Lipinski definition) is 2. The third-order valence-electron chi connectivity index (χ3n) is 3.85. The highest BCUT2D eigenvalue weighted by Crippen LogP contribution is 2.08. The van der Waals surface area contributed by atoms with Crippen LogP contribution in [0.1, 0.15) is 90.4 Å². The first kappa shape index (κ1) is 21.7. The van der Waals surface area contributed by atoms with Gasteiger partial charge < -0.3 is 11.1 Å². The zero-order valence-corrected chi connectivity index (χ0v) is 14.9. The van der Waals surface area contributed by atoms with Gasteiger partial charge in [-0.15, -0.1) is 0 Å². The molecule has 0 unspecified atom stereocenters. The fourth-order valence-electron chi connectivity index (χ4n) is 2.42. The second kappa shape index (κ2) is 17.0.